The molecule has 3 nitrogen and oxygen atoms in total. The Morgan fingerprint density at radius 3 is 2.60 bits per heavy atom. The molecule has 0 aliphatic heterocycles. The molecule has 1 N–H and O–H groups in total. The van der Waals surface area contributed by atoms with E-state index in [2.05, 4.69) is 47.0 Å². The summed E-state index contributed by atoms with van der Waals surface area (Å²) in [6.07, 6.45) is 3.57. The van der Waals surface area contributed by atoms with Gasteiger partial charge in [-0.2, -0.15) is 0 Å². The van der Waals surface area contributed by atoms with Crippen molar-refractivity contribution in [3.63, 3.8) is 0 Å². The topological polar surface area (TPSA) is 29.9 Å². The van der Waals surface area contributed by atoms with E-state index in [9.17, 15) is 0 Å². The van der Waals surface area contributed by atoms with E-state index in [1.165, 1.54) is 0 Å². The predicted molar refractivity (Wildman–Crippen MR) is 87.9 cm³/mol. The standard InChI is InChI=1S/C14H16BrCl2N3/c1-14(2,3)19-7-9-6-18-8-20(9)11-5-4-10(15)12(16)13(11)17/h4-6,8,19H,7H2,1-3H3. The fraction of sp³-hybridized carbons (Fsp3) is 0.357. The lowest BCUT2D eigenvalue weighted by atomic mass is 10.1. The van der Waals surface area contributed by atoms with Gasteiger partial charge in [-0.05, 0) is 48.8 Å². The van der Waals surface area contributed by atoms with E-state index in [0.717, 1.165) is 15.9 Å². The van der Waals surface area contributed by atoms with Crippen LogP contribution < -0.4 is 5.32 Å². The molecular weight excluding hydrogens is 361 g/mol. The molecule has 108 valence electrons. The minimum atomic E-state index is 0.0380. The predicted octanol–water partition coefficient (Wildman–Crippen LogP) is 4.83. The monoisotopic (exact) mass is 375 g/mol. The molecule has 1 aromatic carbocycles. The van der Waals surface area contributed by atoms with Gasteiger partial charge in [0.05, 0.1) is 27.8 Å². The number of nitrogens with zero attached hydrogens (tertiary/aromatic N) is 2. The Bertz CT molecular complexity index is 617. The first kappa shape index (κ1) is 15.8. The number of imidazole rings is 1. The summed E-state index contributed by atoms with van der Waals surface area (Å²) in [6.45, 7) is 7.07. The molecule has 20 heavy (non-hydrogen) atoms. The Labute approximate surface area is 137 Å². The van der Waals surface area contributed by atoms with Gasteiger partial charge >= 0.3 is 0 Å². The maximum absolute atomic E-state index is 6.32. The summed E-state index contributed by atoms with van der Waals surface area (Å²) < 4.78 is 2.72. The van der Waals surface area contributed by atoms with Crippen molar-refractivity contribution >= 4 is 39.1 Å². The Kier molecular flexibility index (Phi) is 4.80. The first-order valence-corrected chi connectivity index (χ1v) is 7.74. The molecule has 0 saturated carbocycles. The average Bonchev–Trinajstić information content (AvgIpc) is 2.81. The molecule has 0 fully saturated rings. The highest BCUT2D eigenvalue weighted by atomic mass is 79.9. The highest BCUT2D eigenvalue weighted by molar-refractivity contribution is 9.10. The summed E-state index contributed by atoms with van der Waals surface area (Å²) in [5.74, 6) is 0. The van der Waals surface area contributed by atoms with E-state index in [0.29, 0.717) is 16.6 Å². The quantitative estimate of drug-likeness (QED) is 0.777. The van der Waals surface area contributed by atoms with Gasteiger partial charge in [-0.3, -0.25) is 0 Å². The van der Waals surface area contributed by atoms with E-state index < -0.39 is 0 Å². The van der Waals surface area contributed by atoms with Crippen LogP contribution in [0.5, 0.6) is 0 Å². The van der Waals surface area contributed by atoms with Crippen molar-refractivity contribution in [2.45, 2.75) is 32.9 Å². The van der Waals surface area contributed by atoms with Crippen molar-refractivity contribution in [1.82, 2.24) is 14.9 Å². The summed E-state index contributed by atoms with van der Waals surface area (Å²) in [6, 6.07) is 3.80. The van der Waals surface area contributed by atoms with Crippen LogP contribution in [0.4, 0.5) is 0 Å². The fourth-order valence-corrected chi connectivity index (χ4v) is 2.59. The van der Waals surface area contributed by atoms with E-state index in [1.807, 2.05) is 22.9 Å². The molecule has 2 rings (SSSR count). The summed E-state index contributed by atoms with van der Waals surface area (Å²) >= 11 is 15.9. The largest absolute Gasteiger partial charge is 0.306 e. The Balaban J connectivity index is 2.35. The highest BCUT2D eigenvalue weighted by Crippen LogP contribution is 2.35. The minimum absolute atomic E-state index is 0.0380. The first-order chi connectivity index (χ1) is 9.29. The van der Waals surface area contributed by atoms with Crippen LogP contribution in [-0.4, -0.2) is 15.1 Å². The average molecular weight is 377 g/mol. The lowest BCUT2D eigenvalue weighted by molar-refractivity contribution is 0.419. The second-order valence-corrected chi connectivity index (χ2v) is 7.16. The molecular formula is C14H16BrCl2N3. The van der Waals surface area contributed by atoms with Crippen LogP contribution in [0.25, 0.3) is 5.69 Å². The number of hydrogen-bond donors (Lipinski definition) is 1. The minimum Gasteiger partial charge on any atom is -0.306 e. The molecule has 6 heteroatoms. The van der Waals surface area contributed by atoms with Gasteiger partial charge in [-0.1, -0.05) is 23.2 Å². The van der Waals surface area contributed by atoms with Crippen LogP contribution in [0, 0.1) is 0 Å². The molecule has 0 atom stereocenters. The number of halogens is 3. The summed E-state index contributed by atoms with van der Waals surface area (Å²) in [5.41, 5.74) is 1.89. The molecule has 0 radical (unpaired) electrons. The van der Waals surface area contributed by atoms with E-state index in [1.54, 1.807) is 6.33 Å². The van der Waals surface area contributed by atoms with Crippen molar-refractivity contribution in [1.29, 1.82) is 0 Å². The van der Waals surface area contributed by atoms with E-state index in [-0.39, 0.29) is 5.54 Å². The maximum Gasteiger partial charge on any atom is 0.0995 e. The van der Waals surface area contributed by atoms with Gasteiger partial charge in [0.1, 0.15) is 0 Å². The molecule has 0 saturated heterocycles. The Morgan fingerprint density at radius 1 is 1.25 bits per heavy atom. The van der Waals surface area contributed by atoms with Crippen LogP contribution >= 0.6 is 39.1 Å². The SMILES string of the molecule is CC(C)(C)NCc1cncn1-c1ccc(Br)c(Cl)c1Cl. The maximum atomic E-state index is 6.32. The van der Waals surface area contributed by atoms with Crippen molar-refractivity contribution in [2.75, 3.05) is 0 Å². The smallest absolute Gasteiger partial charge is 0.0995 e. The van der Waals surface area contributed by atoms with Gasteiger partial charge < -0.3 is 9.88 Å². The summed E-state index contributed by atoms with van der Waals surface area (Å²) in [7, 11) is 0. The second kappa shape index (κ2) is 6.06. The van der Waals surface area contributed by atoms with Gasteiger partial charge in [0, 0.05) is 22.8 Å². The van der Waals surface area contributed by atoms with Crippen molar-refractivity contribution < 1.29 is 0 Å². The second-order valence-electron chi connectivity index (χ2n) is 5.55. The zero-order chi connectivity index (χ0) is 14.9. The van der Waals surface area contributed by atoms with Crippen LogP contribution in [0.1, 0.15) is 26.5 Å². The molecule has 0 bridgehead atoms. The normalized spacial score (nSPS) is 11.9. The van der Waals surface area contributed by atoms with Gasteiger partial charge in [0.25, 0.3) is 0 Å². The number of benzene rings is 1. The fourth-order valence-electron chi connectivity index (χ4n) is 1.73. The van der Waals surface area contributed by atoms with Crippen LogP contribution in [0.3, 0.4) is 0 Å². The third-order valence-electron chi connectivity index (χ3n) is 2.79. The summed E-state index contributed by atoms with van der Waals surface area (Å²) in [5, 5.41) is 4.45. The van der Waals surface area contributed by atoms with Gasteiger partial charge in [-0.25, -0.2) is 4.98 Å². The third-order valence-corrected chi connectivity index (χ3v) is 4.55. The van der Waals surface area contributed by atoms with Crippen molar-refractivity contribution in [2.24, 2.45) is 0 Å². The van der Waals surface area contributed by atoms with Crippen molar-refractivity contribution in [3.8, 4) is 5.69 Å². The molecule has 2 aromatic rings. The Morgan fingerprint density at radius 2 is 1.95 bits per heavy atom. The van der Waals surface area contributed by atoms with Crippen LogP contribution in [0.15, 0.2) is 29.1 Å². The van der Waals surface area contributed by atoms with E-state index in [4.69, 9.17) is 23.2 Å². The van der Waals surface area contributed by atoms with Crippen LogP contribution in [0.2, 0.25) is 10.0 Å². The number of rotatable bonds is 3. The van der Waals surface area contributed by atoms with Crippen LogP contribution in [-0.2, 0) is 6.54 Å². The number of aromatic nitrogens is 2. The Hall–Kier alpha value is -0.550. The number of hydrogen-bond acceptors (Lipinski definition) is 2. The zero-order valence-corrected chi connectivity index (χ0v) is 14.6. The lowest BCUT2D eigenvalue weighted by Crippen LogP contribution is -2.35. The number of nitrogens with one attached hydrogen (secondary N) is 1. The first-order valence-electron chi connectivity index (χ1n) is 6.20. The van der Waals surface area contributed by atoms with Gasteiger partial charge in [0.2, 0.25) is 0 Å². The highest BCUT2D eigenvalue weighted by Gasteiger charge is 2.14. The van der Waals surface area contributed by atoms with Crippen molar-refractivity contribution in [3.05, 3.63) is 44.9 Å². The third kappa shape index (κ3) is 3.55. The molecule has 0 unspecified atom stereocenters. The molecule has 0 aliphatic carbocycles. The molecule has 1 heterocycles. The summed E-state index contributed by atoms with van der Waals surface area (Å²) in [4.78, 5) is 4.20. The van der Waals surface area contributed by atoms with Gasteiger partial charge in [0.15, 0.2) is 0 Å². The zero-order valence-electron chi connectivity index (χ0n) is 11.5. The van der Waals surface area contributed by atoms with Gasteiger partial charge in [-0.15, -0.1) is 0 Å². The molecule has 0 amide bonds. The molecule has 1 aromatic heterocycles. The van der Waals surface area contributed by atoms with E-state index >= 15 is 0 Å². The molecule has 0 spiro atoms. The molecule has 0 aliphatic rings. The lowest BCUT2D eigenvalue weighted by Gasteiger charge is -2.21.